The third-order valence-corrected chi connectivity index (χ3v) is 4.96. The van der Waals surface area contributed by atoms with Crippen molar-refractivity contribution in [3.05, 3.63) is 0 Å². The Hall–Kier alpha value is -0.660. The lowest BCUT2D eigenvalue weighted by Gasteiger charge is -2.37. The Balaban J connectivity index is 1.71. The van der Waals surface area contributed by atoms with E-state index < -0.39 is 9.84 Å². The number of rotatable bonds is 6. The number of hydrogen-bond donors (Lipinski definition) is 1. The van der Waals surface area contributed by atoms with Crippen LogP contribution in [0.5, 0.6) is 0 Å². The molecule has 1 aliphatic carbocycles. The summed E-state index contributed by atoms with van der Waals surface area (Å²) in [4.78, 5) is 16.3. The number of piperazine rings is 1. The highest BCUT2D eigenvalue weighted by Crippen LogP contribution is 2.19. The molecule has 1 unspecified atom stereocenters. The quantitative estimate of drug-likeness (QED) is 0.704. The summed E-state index contributed by atoms with van der Waals surface area (Å²) in [6.07, 6.45) is 3.49. The summed E-state index contributed by atoms with van der Waals surface area (Å²) >= 11 is 0. The summed E-state index contributed by atoms with van der Waals surface area (Å²) in [7, 11) is -2.89. The second-order valence-electron chi connectivity index (χ2n) is 5.97. The van der Waals surface area contributed by atoms with E-state index in [1.165, 1.54) is 6.26 Å². The number of carbonyl (C=O) groups is 1. The molecule has 2 fully saturated rings. The first-order valence-corrected chi connectivity index (χ1v) is 9.36. The van der Waals surface area contributed by atoms with E-state index in [1.54, 1.807) is 0 Å². The van der Waals surface area contributed by atoms with Crippen LogP contribution in [0, 0.1) is 0 Å². The predicted octanol–water partition coefficient (Wildman–Crippen LogP) is -0.684. The van der Waals surface area contributed by atoms with Crippen molar-refractivity contribution in [2.45, 2.75) is 31.8 Å². The fourth-order valence-electron chi connectivity index (χ4n) is 2.38. The smallest absolute Gasteiger partial charge is 0.237 e. The molecule has 0 aromatic heterocycles. The predicted molar refractivity (Wildman–Crippen MR) is 78.4 cm³/mol. The van der Waals surface area contributed by atoms with Gasteiger partial charge in [0.15, 0.2) is 0 Å². The highest BCUT2D eigenvalue weighted by atomic mass is 32.2. The van der Waals surface area contributed by atoms with Crippen LogP contribution in [0.4, 0.5) is 0 Å². The van der Waals surface area contributed by atoms with Gasteiger partial charge in [-0.05, 0) is 19.8 Å². The lowest BCUT2D eigenvalue weighted by Crippen LogP contribution is -2.54. The molecule has 0 radical (unpaired) electrons. The van der Waals surface area contributed by atoms with Gasteiger partial charge in [-0.1, -0.05) is 0 Å². The Morgan fingerprint density at radius 3 is 2.35 bits per heavy atom. The van der Waals surface area contributed by atoms with Gasteiger partial charge < -0.3 is 5.32 Å². The summed E-state index contributed by atoms with van der Waals surface area (Å²) in [5.74, 6) is 0.335. The van der Waals surface area contributed by atoms with Crippen LogP contribution in [0.2, 0.25) is 0 Å². The highest BCUT2D eigenvalue weighted by Gasteiger charge is 2.29. The van der Waals surface area contributed by atoms with E-state index in [0.717, 1.165) is 39.0 Å². The van der Waals surface area contributed by atoms with Gasteiger partial charge in [-0.3, -0.25) is 14.6 Å². The summed E-state index contributed by atoms with van der Waals surface area (Å²) in [6, 6.07) is 0.314. The van der Waals surface area contributed by atoms with Gasteiger partial charge in [0.2, 0.25) is 5.91 Å². The molecule has 2 rings (SSSR count). The number of nitrogens with one attached hydrogen (secondary N) is 1. The average Bonchev–Trinajstić information content (AvgIpc) is 3.19. The van der Waals surface area contributed by atoms with Gasteiger partial charge in [0.1, 0.15) is 9.84 Å². The molecule has 20 heavy (non-hydrogen) atoms. The Kier molecular flexibility index (Phi) is 5.04. The molecule has 7 heteroatoms. The van der Waals surface area contributed by atoms with Crippen molar-refractivity contribution in [2.75, 3.05) is 44.7 Å². The molecular formula is C13H25N3O3S. The van der Waals surface area contributed by atoms with Crippen LogP contribution < -0.4 is 5.32 Å². The minimum Gasteiger partial charge on any atom is -0.352 e. The van der Waals surface area contributed by atoms with Crippen molar-refractivity contribution in [3.8, 4) is 0 Å². The van der Waals surface area contributed by atoms with Gasteiger partial charge in [0.05, 0.1) is 11.8 Å². The lowest BCUT2D eigenvalue weighted by atomic mass is 10.2. The average molecular weight is 303 g/mol. The molecule has 1 aliphatic heterocycles. The largest absolute Gasteiger partial charge is 0.352 e. The van der Waals surface area contributed by atoms with E-state index in [1.807, 2.05) is 6.92 Å². The van der Waals surface area contributed by atoms with Crippen molar-refractivity contribution in [1.29, 1.82) is 0 Å². The molecule has 116 valence electrons. The maximum Gasteiger partial charge on any atom is 0.237 e. The first-order chi connectivity index (χ1) is 9.35. The Morgan fingerprint density at radius 1 is 1.25 bits per heavy atom. The van der Waals surface area contributed by atoms with Gasteiger partial charge in [0, 0.05) is 45.0 Å². The molecule has 6 nitrogen and oxygen atoms in total. The van der Waals surface area contributed by atoms with E-state index >= 15 is 0 Å². The first kappa shape index (κ1) is 15.7. The van der Waals surface area contributed by atoms with Gasteiger partial charge in [-0.2, -0.15) is 0 Å². The Morgan fingerprint density at radius 2 is 1.85 bits per heavy atom. The van der Waals surface area contributed by atoms with E-state index in [4.69, 9.17) is 0 Å². The Labute approximate surface area is 121 Å². The summed E-state index contributed by atoms with van der Waals surface area (Å²) in [5, 5.41) is 3.03. The van der Waals surface area contributed by atoms with E-state index in [2.05, 4.69) is 15.1 Å². The Bertz CT molecular complexity index is 440. The first-order valence-electron chi connectivity index (χ1n) is 7.29. The normalized spacial score (nSPS) is 23.5. The van der Waals surface area contributed by atoms with Crippen LogP contribution in [0.25, 0.3) is 0 Å². The second-order valence-corrected chi connectivity index (χ2v) is 8.23. The zero-order valence-electron chi connectivity index (χ0n) is 12.3. The number of nitrogens with zero attached hydrogens (tertiary/aromatic N) is 2. The van der Waals surface area contributed by atoms with Crippen molar-refractivity contribution in [1.82, 2.24) is 15.1 Å². The molecular weight excluding hydrogens is 278 g/mol. The molecule has 0 aromatic carbocycles. The molecule has 1 saturated carbocycles. The fourth-order valence-corrected chi connectivity index (χ4v) is 2.97. The van der Waals surface area contributed by atoms with Crippen molar-refractivity contribution >= 4 is 15.7 Å². The zero-order valence-corrected chi connectivity index (χ0v) is 13.2. The standard InChI is InChI=1S/C13H25N3O3S/c1-11(13(17)14-12-3-4-12)16-7-5-15(6-8-16)9-10-20(2,18)19/h11-12H,3-10H2,1-2H3,(H,14,17). The topological polar surface area (TPSA) is 69.7 Å². The zero-order chi connectivity index (χ0) is 14.8. The summed E-state index contributed by atoms with van der Waals surface area (Å²) < 4.78 is 22.3. The molecule has 0 bridgehead atoms. The molecule has 0 spiro atoms. The monoisotopic (exact) mass is 303 g/mol. The third kappa shape index (κ3) is 5.03. The molecule has 2 aliphatic rings. The fraction of sp³-hybridized carbons (Fsp3) is 0.923. The minimum atomic E-state index is -2.89. The molecule has 0 aromatic rings. The third-order valence-electron chi connectivity index (χ3n) is 4.04. The molecule has 1 amide bonds. The number of sulfone groups is 1. The van der Waals surface area contributed by atoms with Crippen LogP contribution in [-0.4, -0.2) is 80.9 Å². The SMILES string of the molecule is CC(C(=O)NC1CC1)N1CCN(CCS(C)(=O)=O)CC1. The minimum absolute atomic E-state index is 0.0901. The van der Waals surface area contributed by atoms with Crippen LogP contribution in [0.15, 0.2) is 0 Å². The number of amides is 1. The molecule has 1 saturated heterocycles. The summed E-state index contributed by atoms with van der Waals surface area (Å²) in [6.45, 7) is 5.85. The maximum atomic E-state index is 12.0. The molecule has 1 N–H and O–H groups in total. The second kappa shape index (κ2) is 6.41. The summed E-state index contributed by atoms with van der Waals surface area (Å²) in [5.41, 5.74) is 0. The van der Waals surface area contributed by atoms with Crippen molar-refractivity contribution in [2.24, 2.45) is 0 Å². The number of hydrogen-bond acceptors (Lipinski definition) is 5. The lowest BCUT2D eigenvalue weighted by molar-refractivity contribution is -0.126. The highest BCUT2D eigenvalue weighted by molar-refractivity contribution is 7.90. The van der Waals surface area contributed by atoms with Crippen molar-refractivity contribution in [3.63, 3.8) is 0 Å². The van der Waals surface area contributed by atoms with Crippen LogP contribution in [-0.2, 0) is 14.6 Å². The van der Waals surface area contributed by atoms with Gasteiger partial charge in [0.25, 0.3) is 0 Å². The van der Waals surface area contributed by atoms with Crippen molar-refractivity contribution < 1.29 is 13.2 Å². The number of carbonyl (C=O) groups excluding carboxylic acids is 1. The van der Waals surface area contributed by atoms with Gasteiger partial charge in [-0.25, -0.2) is 8.42 Å². The van der Waals surface area contributed by atoms with Gasteiger partial charge in [-0.15, -0.1) is 0 Å². The van der Waals surface area contributed by atoms with Crippen LogP contribution >= 0.6 is 0 Å². The maximum absolute atomic E-state index is 12.0. The van der Waals surface area contributed by atoms with E-state index in [9.17, 15) is 13.2 Å². The molecule has 1 heterocycles. The molecule has 1 atom stereocenters. The van der Waals surface area contributed by atoms with Gasteiger partial charge >= 0.3 is 0 Å². The van der Waals surface area contributed by atoms with E-state index in [0.29, 0.717) is 12.6 Å². The van der Waals surface area contributed by atoms with Crippen LogP contribution in [0.3, 0.4) is 0 Å². The van der Waals surface area contributed by atoms with E-state index in [-0.39, 0.29) is 17.7 Å². The van der Waals surface area contributed by atoms with Crippen LogP contribution in [0.1, 0.15) is 19.8 Å².